The Morgan fingerprint density at radius 2 is 1.61 bits per heavy atom. The highest BCUT2D eigenvalue weighted by Gasteiger charge is 2.24. The summed E-state index contributed by atoms with van der Waals surface area (Å²) < 4.78 is 5.99. The van der Waals surface area contributed by atoms with Gasteiger partial charge in [-0.05, 0) is 17.7 Å². The Hall–Kier alpha value is -4.17. The maximum Gasteiger partial charge on any atom is 0.259 e. The summed E-state index contributed by atoms with van der Waals surface area (Å²) in [5.74, 6) is 0.261. The lowest BCUT2D eigenvalue weighted by atomic mass is 9.98. The highest BCUT2D eigenvalue weighted by Crippen LogP contribution is 2.41. The summed E-state index contributed by atoms with van der Waals surface area (Å²) in [6.07, 6.45) is 3.05. The Bertz CT molecular complexity index is 1150. The zero-order chi connectivity index (χ0) is 19.3. The largest absolute Gasteiger partial charge is 0.438 e. The second-order valence-electron chi connectivity index (χ2n) is 6.05. The van der Waals surface area contributed by atoms with Gasteiger partial charge in [-0.25, -0.2) is 0 Å². The SMILES string of the molecule is N#Cc1c(NC(=O)c2cccnc2)oc(-c2ccccc2)c1-c1ccccc1. The quantitative estimate of drug-likeness (QED) is 0.543. The zero-order valence-corrected chi connectivity index (χ0v) is 14.8. The number of hydrogen-bond donors (Lipinski definition) is 1. The number of nitriles is 1. The number of nitrogens with zero attached hydrogens (tertiary/aromatic N) is 2. The van der Waals surface area contributed by atoms with E-state index in [4.69, 9.17) is 4.42 Å². The van der Waals surface area contributed by atoms with Crippen molar-refractivity contribution in [2.45, 2.75) is 0 Å². The normalized spacial score (nSPS) is 10.2. The van der Waals surface area contributed by atoms with E-state index in [-0.39, 0.29) is 11.4 Å². The van der Waals surface area contributed by atoms with Crippen molar-refractivity contribution in [2.24, 2.45) is 0 Å². The molecule has 5 nitrogen and oxygen atoms in total. The molecule has 0 aliphatic heterocycles. The van der Waals surface area contributed by atoms with E-state index in [1.807, 2.05) is 60.7 Å². The van der Waals surface area contributed by atoms with Gasteiger partial charge in [-0.15, -0.1) is 0 Å². The minimum atomic E-state index is -0.391. The molecule has 0 fully saturated rings. The monoisotopic (exact) mass is 365 g/mol. The molecule has 4 rings (SSSR count). The number of rotatable bonds is 4. The molecule has 5 heteroatoms. The summed E-state index contributed by atoms with van der Waals surface area (Å²) in [5, 5.41) is 12.5. The fourth-order valence-corrected chi connectivity index (χ4v) is 2.97. The highest BCUT2D eigenvalue weighted by molar-refractivity contribution is 6.05. The van der Waals surface area contributed by atoms with Crippen LogP contribution in [0.25, 0.3) is 22.5 Å². The van der Waals surface area contributed by atoms with Gasteiger partial charge in [-0.1, -0.05) is 60.7 Å². The van der Waals surface area contributed by atoms with Gasteiger partial charge in [0.1, 0.15) is 17.4 Å². The first-order valence-electron chi connectivity index (χ1n) is 8.67. The first-order valence-corrected chi connectivity index (χ1v) is 8.67. The van der Waals surface area contributed by atoms with Crippen molar-refractivity contribution in [2.75, 3.05) is 5.32 Å². The van der Waals surface area contributed by atoms with Crippen molar-refractivity contribution in [1.29, 1.82) is 5.26 Å². The number of anilines is 1. The van der Waals surface area contributed by atoms with Gasteiger partial charge in [0.25, 0.3) is 5.91 Å². The number of pyridine rings is 1. The molecule has 2 heterocycles. The van der Waals surface area contributed by atoms with Crippen LogP contribution in [0.1, 0.15) is 15.9 Å². The number of aromatic nitrogens is 1. The third kappa shape index (κ3) is 3.27. The third-order valence-corrected chi connectivity index (χ3v) is 4.27. The Labute approximate surface area is 161 Å². The lowest BCUT2D eigenvalue weighted by Crippen LogP contribution is -2.12. The fraction of sp³-hybridized carbons (Fsp3) is 0. The van der Waals surface area contributed by atoms with E-state index in [2.05, 4.69) is 16.4 Å². The van der Waals surface area contributed by atoms with Gasteiger partial charge in [0.15, 0.2) is 0 Å². The molecule has 0 saturated heterocycles. The lowest BCUT2D eigenvalue weighted by Gasteiger charge is -2.03. The van der Waals surface area contributed by atoms with Gasteiger partial charge >= 0.3 is 0 Å². The average Bonchev–Trinajstić information content (AvgIpc) is 3.13. The van der Waals surface area contributed by atoms with Crippen LogP contribution in [0.5, 0.6) is 0 Å². The van der Waals surface area contributed by atoms with Gasteiger partial charge < -0.3 is 4.42 Å². The molecule has 0 aliphatic rings. The van der Waals surface area contributed by atoms with E-state index >= 15 is 0 Å². The second-order valence-corrected chi connectivity index (χ2v) is 6.05. The molecular weight excluding hydrogens is 350 g/mol. The molecule has 0 aliphatic carbocycles. The summed E-state index contributed by atoms with van der Waals surface area (Å²) in [6, 6.07) is 24.5. The van der Waals surface area contributed by atoms with Gasteiger partial charge in [0, 0.05) is 23.5 Å². The maximum atomic E-state index is 12.6. The first kappa shape index (κ1) is 17.3. The third-order valence-electron chi connectivity index (χ3n) is 4.27. The molecule has 0 saturated carbocycles. The van der Waals surface area contributed by atoms with Crippen LogP contribution in [0.15, 0.2) is 89.6 Å². The van der Waals surface area contributed by atoms with Crippen molar-refractivity contribution < 1.29 is 9.21 Å². The number of hydrogen-bond acceptors (Lipinski definition) is 4. The van der Waals surface area contributed by atoms with Crippen molar-refractivity contribution >= 4 is 11.8 Å². The van der Waals surface area contributed by atoms with Crippen LogP contribution in [-0.4, -0.2) is 10.9 Å². The van der Waals surface area contributed by atoms with Crippen molar-refractivity contribution in [3.8, 4) is 28.5 Å². The van der Waals surface area contributed by atoms with Crippen molar-refractivity contribution in [3.05, 3.63) is 96.3 Å². The predicted molar refractivity (Wildman–Crippen MR) is 106 cm³/mol. The van der Waals surface area contributed by atoms with Crippen molar-refractivity contribution in [3.63, 3.8) is 0 Å². The molecule has 2 aromatic carbocycles. The summed E-state index contributed by atoms with van der Waals surface area (Å²) >= 11 is 0. The lowest BCUT2D eigenvalue weighted by molar-refractivity contribution is 0.102. The number of amides is 1. The van der Waals surface area contributed by atoms with Gasteiger partial charge in [0.2, 0.25) is 5.88 Å². The van der Waals surface area contributed by atoms with E-state index < -0.39 is 5.91 Å². The number of furan rings is 1. The number of nitrogens with one attached hydrogen (secondary N) is 1. The molecule has 1 amide bonds. The van der Waals surface area contributed by atoms with Gasteiger partial charge in [-0.3, -0.25) is 15.1 Å². The molecular formula is C23H15N3O2. The van der Waals surface area contributed by atoms with Crippen LogP contribution in [0, 0.1) is 11.3 Å². The summed E-state index contributed by atoms with van der Waals surface area (Å²) in [6.45, 7) is 0. The van der Waals surface area contributed by atoms with Crippen LogP contribution < -0.4 is 5.32 Å². The molecule has 0 spiro atoms. The molecule has 0 unspecified atom stereocenters. The van der Waals surface area contributed by atoms with Crippen molar-refractivity contribution in [1.82, 2.24) is 4.98 Å². The summed E-state index contributed by atoms with van der Waals surface area (Å²) in [7, 11) is 0. The van der Waals surface area contributed by atoms with E-state index in [1.165, 1.54) is 6.20 Å². The van der Waals surface area contributed by atoms with Crippen LogP contribution in [0.2, 0.25) is 0 Å². The molecule has 134 valence electrons. The minimum absolute atomic E-state index is 0.119. The van der Waals surface area contributed by atoms with Crippen LogP contribution in [0.3, 0.4) is 0 Å². The number of benzene rings is 2. The molecule has 0 atom stereocenters. The number of carbonyl (C=O) groups is 1. The van der Waals surface area contributed by atoms with Crippen LogP contribution in [0.4, 0.5) is 5.88 Å². The Morgan fingerprint density at radius 3 is 2.21 bits per heavy atom. The molecule has 2 aromatic heterocycles. The Kier molecular flexibility index (Phi) is 4.68. The Balaban J connectivity index is 1.85. The minimum Gasteiger partial charge on any atom is -0.438 e. The van der Waals surface area contributed by atoms with Crippen LogP contribution >= 0.6 is 0 Å². The maximum absolute atomic E-state index is 12.6. The van der Waals surface area contributed by atoms with Crippen LogP contribution in [-0.2, 0) is 0 Å². The molecule has 0 radical (unpaired) electrons. The molecule has 28 heavy (non-hydrogen) atoms. The molecule has 1 N–H and O–H groups in total. The van der Waals surface area contributed by atoms with Gasteiger partial charge in [-0.2, -0.15) is 5.26 Å². The summed E-state index contributed by atoms with van der Waals surface area (Å²) in [5.41, 5.74) is 2.96. The highest BCUT2D eigenvalue weighted by atomic mass is 16.4. The van der Waals surface area contributed by atoms with E-state index in [0.717, 1.165) is 11.1 Å². The number of carbonyl (C=O) groups excluding carboxylic acids is 1. The molecule has 4 aromatic rings. The molecule has 0 bridgehead atoms. The Morgan fingerprint density at radius 1 is 0.929 bits per heavy atom. The van der Waals surface area contributed by atoms with E-state index in [0.29, 0.717) is 16.9 Å². The predicted octanol–water partition coefficient (Wildman–Crippen LogP) is 5.13. The standard InChI is InChI=1S/C23H15N3O2/c24-14-19-20(16-8-3-1-4-9-16)21(17-10-5-2-6-11-17)28-23(19)26-22(27)18-12-7-13-25-15-18/h1-13,15H,(H,26,27). The van der Waals surface area contributed by atoms with E-state index in [1.54, 1.807) is 18.3 Å². The fourth-order valence-electron chi connectivity index (χ4n) is 2.97. The topological polar surface area (TPSA) is 78.9 Å². The first-order chi connectivity index (χ1) is 13.8. The van der Waals surface area contributed by atoms with Gasteiger partial charge in [0.05, 0.1) is 5.56 Å². The zero-order valence-electron chi connectivity index (χ0n) is 14.8. The second kappa shape index (κ2) is 7.60. The van der Waals surface area contributed by atoms with E-state index in [9.17, 15) is 10.1 Å². The average molecular weight is 365 g/mol. The smallest absolute Gasteiger partial charge is 0.259 e. The summed E-state index contributed by atoms with van der Waals surface area (Å²) in [4.78, 5) is 16.5.